The molecule has 0 aromatic heterocycles. The van der Waals surface area contributed by atoms with Gasteiger partial charge in [0.05, 0.1) is 0 Å². The number of hydrogen-bond acceptors (Lipinski definition) is 1. The van der Waals surface area contributed by atoms with E-state index in [9.17, 15) is 5.11 Å². The maximum Gasteiger partial charge on any atom is 0.126 e. The van der Waals surface area contributed by atoms with E-state index in [1.165, 1.54) is 19.3 Å². The lowest BCUT2D eigenvalue weighted by molar-refractivity contribution is 0.415. The number of halogens is 2. The average Bonchev–Trinajstić information content (AvgIpc) is 2.51. The van der Waals surface area contributed by atoms with Crippen LogP contribution >= 0.6 is 23.2 Å². The Kier molecular flexibility index (Phi) is 4.42. The molecule has 2 aromatic rings. The molecule has 1 aliphatic rings. The van der Waals surface area contributed by atoms with Crippen LogP contribution in [0.3, 0.4) is 0 Å². The summed E-state index contributed by atoms with van der Waals surface area (Å²) in [4.78, 5) is 0. The molecule has 0 atom stereocenters. The second-order valence-electron chi connectivity index (χ2n) is 5.73. The van der Waals surface area contributed by atoms with E-state index in [2.05, 4.69) is 0 Å². The van der Waals surface area contributed by atoms with Crippen LogP contribution in [-0.4, -0.2) is 5.11 Å². The van der Waals surface area contributed by atoms with Crippen molar-refractivity contribution in [1.29, 1.82) is 0 Å². The summed E-state index contributed by atoms with van der Waals surface area (Å²) in [6.45, 7) is 0. The molecule has 1 aliphatic carbocycles. The SMILES string of the molecule is Oc1c(-c2ccc(Cl)cc2)cc(Cl)cc1C1CCCCC1. The molecule has 1 saturated carbocycles. The first-order valence-electron chi connectivity index (χ1n) is 7.43. The van der Waals surface area contributed by atoms with Crippen LogP contribution in [0.5, 0.6) is 5.75 Å². The summed E-state index contributed by atoms with van der Waals surface area (Å²) < 4.78 is 0. The molecule has 0 bridgehead atoms. The molecule has 0 unspecified atom stereocenters. The molecule has 0 amide bonds. The first-order valence-corrected chi connectivity index (χ1v) is 8.19. The summed E-state index contributed by atoms with van der Waals surface area (Å²) in [6.07, 6.45) is 6.02. The molecule has 0 spiro atoms. The Morgan fingerprint density at radius 2 is 1.52 bits per heavy atom. The van der Waals surface area contributed by atoms with E-state index < -0.39 is 0 Å². The lowest BCUT2D eigenvalue weighted by Gasteiger charge is -2.24. The van der Waals surface area contributed by atoms with E-state index in [1.54, 1.807) is 0 Å². The average molecular weight is 321 g/mol. The third-order valence-corrected chi connectivity index (χ3v) is 4.77. The van der Waals surface area contributed by atoms with Gasteiger partial charge in [0, 0.05) is 15.6 Å². The standard InChI is InChI=1S/C18H18Cl2O/c19-14-8-6-13(7-9-14)17-11-15(20)10-16(18(17)21)12-4-2-1-3-5-12/h6-12,21H,1-5H2. The van der Waals surface area contributed by atoms with Gasteiger partial charge in [-0.05, 0) is 54.2 Å². The summed E-state index contributed by atoms with van der Waals surface area (Å²) in [6, 6.07) is 11.2. The molecule has 1 fully saturated rings. The van der Waals surface area contributed by atoms with Crippen molar-refractivity contribution in [2.45, 2.75) is 38.0 Å². The van der Waals surface area contributed by atoms with Gasteiger partial charge in [0.15, 0.2) is 0 Å². The molecule has 3 rings (SSSR count). The smallest absolute Gasteiger partial charge is 0.126 e. The zero-order chi connectivity index (χ0) is 14.8. The molecule has 1 nitrogen and oxygen atoms in total. The molecule has 3 heteroatoms. The maximum absolute atomic E-state index is 10.7. The van der Waals surface area contributed by atoms with Gasteiger partial charge in [0.1, 0.15) is 5.75 Å². The predicted molar refractivity (Wildman–Crippen MR) is 89.4 cm³/mol. The van der Waals surface area contributed by atoms with Gasteiger partial charge in [0.2, 0.25) is 0 Å². The van der Waals surface area contributed by atoms with E-state index >= 15 is 0 Å². The summed E-state index contributed by atoms with van der Waals surface area (Å²) in [7, 11) is 0. The molecule has 0 saturated heterocycles. The maximum atomic E-state index is 10.7. The van der Waals surface area contributed by atoms with Crippen molar-refractivity contribution >= 4 is 23.2 Å². The van der Waals surface area contributed by atoms with Gasteiger partial charge in [-0.15, -0.1) is 0 Å². The fraction of sp³-hybridized carbons (Fsp3) is 0.333. The highest BCUT2D eigenvalue weighted by Gasteiger charge is 2.21. The number of aromatic hydroxyl groups is 1. The number of benzene rings is 2. The van der Waals surface area contributed by atoms with Gasteiger partial charge in [-0.1, -0.05) is 54.6 Å². The molecule has 0 heterocycles. The highest BCUT2D eigenvalue weighted by Crippen LogP contribution is 2.43. The Bertz CT molecular complexity index is 628. The van der Waals surface area contributed by atoms with E-state index in [4.69, 9.17) is 23.2 Å². The summed E-state index contributed by atoms with van der Waals surface area (Å²) in [5, 5.41) is 12.1. The Labute approximate surface area is 135 Å². The van der Waals surface area contributed by atoms with Crippen LogP contribution in [0.2, 0.25) is 10.0 Å². The van der Waals surface area contributed by atoms with Gasteiger partial charge in [-0.3, -0.25) is 0 Å². The second-order valence-corrected chi connectivity index (χ2v) is 6.61. The molecule has 2 aromatic carbocycles. The quantitative estimate of drug-likeness (QED) is 0.677. The Morgan fingerprint density at radius 3 is 2.19 bits per heavy atom. The van der Waals surface area contributed by atoms with Crippen molar-refractivity contribution < 1.29 is 5.11 Å². The van der Waals surface area contributed by atoms with Crippen molar-refractivity contribution in [2.24, 2.45) is 0 Å². The zero-order valence-corrected chi connectivity index (χ0v) is 13.3. The lowest BCUT2D eigenvalue weighted by atomic mass is 9.82. The van der Waals surface area contributed by atoms with Gasteiger partial charge in [0.25, 0.3) is 0 Å². The summed E-state index contributed by atoms with van der Waals surface area (Å²) in [5.74, 6) is 0.789. The summed E-state index contributed by atoms with van der Waals surface area (Å²) >= 11 is 12.2. The van der Waals surface area contributed by atoms with E-state index in [0.717, 1.165) is 29.5 Å². The van der Waals surface area contributed by atoms with E-state index in [0.29, 0.717) is 21.7 Å². The van der Waals surface area contributed by atoms with Crippen molar-refractivity contribution in [3.05, 3.63) is 52.0 Å². The monoisotopic (exact) mass is 320 g/mol. The van der Waals surface area contributed by atoms with Crippen LogP contribution in [0.25, 0.3) is 11.1 Å². The molecule has 0 radical (unpaired) electrons. The van der Waals surface area contributed by atoms with E-state index in [1.807, 2.05) is 36.4 Å². The van der Waals surface area contributed by atoms with Crippen molar-refractivity contribution in [1.82, 2.24) is 0 Å². The minimum absolute atomic E-state index is 0.369. The van der Waals surface area contributed by atoms with Gasteiger partial charge in [-0.2, -0.15) is 0 Å². The highest BCUT2D eigenvalue weighted by atomic mass is 35.5. The van der Waals surface area contributed by atoms with E-state index in [-0.39, 0.29) is 0 Å². The van der Waals surface area contributed by atoms with Crippen LogP contribution in [0.1, 0.15) is 43.6 Å². The predicted octanol–water partition coefficient (Wildman–Crippen LogP) is 6.41. The van der Waals surface area contributed by atoms with Crippen molar-refractivity contribution in [3.63, 3.8) is 0 Å². The topological polar surface area (TPSA) is 20.2 Å². The van der Waals surface area contributed by atoms with Crippen LogP contribution in [0.15, 0.2) is 36.4 Å². The summed E-state index contributed by atoms with van der Waals surface area (Å²) in [5.41, 5.74) is 2.73. The van der Waals surface area contributed by atoms with Crippen LogP contribution in [0, 0.1) is 0 Å². The fourth-order valence-corrected chi connectivity index (χ4v) is 3.55. The van der Waals surface area contributed by atoms with Gasteiger partial charge < -0.3 is 5.11 Å². The first-order chi connectivity index (χ1) is 10.1. The minimum atomic E-state index is 0.369. The van der Waals surface area contributed by atoms with Gasteiger partial charge in [-0.25, -0.2) is 0 Å². The number of rotatable bonds is 2. The molecule has 21 heavy (non-hydrogen) atoms. The molecular formula is C18H18Cl2O. The van der Waals surface area contributed by atoms with Crippen LogP contribution in [0.4, 0.5) is 0 Å². The first kappa shape index (κ1) is 14.7. The largest absolute Gasteiger partial charge is 0.507 e. The third kappa shape index (κ3) is 3.20. The molecule has 0 aliphatic heterocycles. The zero-order valence-electron chi connectivity index (χ0n) is 11.8. The number of hydrogen-bond donors (Lipinski definition) is 1. The number of phenols is 1. The minimum Gasteiger partial charge on any atom is -0.507 e. The van der Waals surface area contributed by atoms with Gasteiger partial charge >= 0.3 is 0 Å². The highest BCUT2D eigenvalue weighted by molar-refractivity contribution is 6.31. The van der Waals surface area contributed by atoms with Crippen molar-refractivity contribution in [3.8, 4) is 16.9 Å². The fourth-order valence-electron chi connectivity index (χ4n) is 3.19. The molecule has 1 N–H and O–H groups in total. The lowest BCUT2D eigenvalue weighted by Crippen LogP contribution is -2.05. The number of phenolic OH excluding ortho intramolecular Hbond substituents is 1. The van der Waals surface area contributed by atoms with Crippen LogP contribution < -0.4 is 0 Å². The Morgan fingerprint density at radius 1 is 0.857 bits per heavy atom. The molecule has 110 valence electrons. The van der Waals surface area contributed by atoms with Crippen molar-refractivity contribution in [2.75, 3.05) is 0 Å². The normalized spacial score (nSPS) is 16.1. The second kappa shape index (κ2) is 6.29. The Balaban J connectivity index is 2.04. The molecular weight excluding hydrogens is 303 g/mol. The third-order valence-electron chi connectivity index (χ3n) is 4.30. The Hall–Kier alpha value is -1.18. The van der Waals surface area contributed by atoms with Crippen LogP contribution in [-0.2, 0) is 0 Å².